The SMILES string of the molecule is N#Cc1ccc2c(C=C3Oc4cc(O)cc(O)c4C3=O)c[nH]c2c1. The number of fused-ring (bicyclic) bond motifs is 2. The van der Waals surface area contributed by atoms with Crippen molar-refractivity contribution in [2.75, 3.05) is 0 Å². The molecule has 1 aromatic heterocycles. The lowest BCUT2D eigenvalue weighted by Gasteiger charge is -2.00. The van der Waals surface area contributed by atoms with Gasteiger partial charge in [-0.25, -0.2) is 0 Å². The zero-order valence-electron chi connectivity index (χ0n) is 12.2. The molecule has 116 valence electrons. The topological polar surface area (TPSA) is 106 Å². The average Bonchev–Trinajstić information content (AvgIpc) is 3.09. The Morgan fingerprint density at radius 2 is 2.04 bits per heavy atom. The molecule has 2 aromatic carbocycles. The van der Waals surface area contributed by atoms with Crippen LogP contribution in [0.15, 0.2) is 42.3 Å². The predicted molar refractivity (Wildman–Crippen MR) is 85.7 cm³/mol. The van der Waals surface area contributed by atoms with Crippen LogP contribution in [0.2, 0.25) is 0 Å². The number of ketones is 1. The number of allylic oxidation sites excluding steroid dienone is 1. The van der Waals surface area contributed by atoms with Crippen LogP contribution < -0.4 is 4.74 Å². The van der Waals surface area contributed by atoms with Gasteiger partial charge < -0.3 is 19.9 Å². The molecule has 6 heteroatoms. The highest BCUT2D eigenvalue weighted by atomic mass is 16.5. The van der Waals surface area contributed by atoms with Crippen molar-refractivity contribution in [3.8, 4) is 23.3 Å². The molecule has 0 saturated heterocycles. The van der Waals surface area contributed by atoms with E-state index in [0.29, 0.717) is 11.1 Å². The molecular formula is C18H10N2O4. The van der Waals surface area contributed by atoms with E-state index in [1.54, 1.807) is 30.5 Å². The summed E-state index contributed by atoms with van der Waals surface area (Å²) in [5.74, 6) is -0.788. The van der Waals surface area contributed by atoms with Crippen molar-refractivity contribution in [3.63, 3.8) is 0 Å². The van der Waals surface area contributed by atoms with Gasteiger partial charge in [-0.1, -0.05) is 6.07 Å². The Kier molecular flexibility index (Phi) is 2.84. The van der Waals surface area contributed by atoms with E-state index in [2.05, 4.69) is 11.1 Å². The van der Waals surface area contributed by atoms with Gasteiger partial charge in [0.05, 0.1) is 11.6 Å². The van der Waals surface area contributed by atoms with Gasteiger partial charge in [-0.05, 0) is 18.2 Å². The summed E-state index contributed by atoms with van der Waals surface area (Å²) >= 11 is 0. The van der Waals surface area contributed by atoms with Crippen LogP contribution in [-0.2, 0) is 0 Å². The van der Waals surface area contributed by atoms with Crippen LogP contribution in [0.1, 0.15) is 21.5 Å². The molecule has 0 amide bonds. The van der Waals surface area contributed by atoms with Gasteiger partial charge in [0.15, 0.2) is 5.76 Å². The van der Waals surface area contributed by atoms with Gasteiger partial charge >= 0.3 is 0 Å². The number of aromatic hydroxyl groups is 2. The summed E-state index contributed by atoms with van der Waals surface area (Å²) in [4.78, 5) is 15.4. The summed E-state index contributed by atoms with van der Waals surface area (Å²) in [6.45, 7) is 0. The van der Waals surface area contributed by atoms with Crippen molar-refractivity contribution >= 4 is 22.8 Å². The van der Waals surface area contributed by atoms with Gasteiger partial charge in [0.1, 0.15) is 22.8 Å². The molecule has 0 atom stereocenters. The van der Waals surface area contributed by atoms with Crippen molar-refractivity contribution < 1.29 is 19.7 Å². The number of nitriles is 1. The molecule has 2 heterocycles. The molecule has 4 rings (SSSR count). The number of nitrogens with zero attached hydrogens (tertiary/aromatic N) is 1. The van der Waals surface area contributed by atoms with Crippen LogP contribution in [0.5, 0.6) is 17.2 Å². The molecule has 0 bridgehead atoms. The molecule has 0 saturated carbocycles. The first kappa shape index (κ1) is 13.9. The summed E-state index contributed by atoms with van der Waals surface area (Å²) in [5.41, 5.74) is 2.05. The largest absolute Gasteiger partial charge is 0.508 e. The number of benzene rings is 2. The number of aromatic amines is 1. The van der Waals surface area contributed by atoms with Gasteiger partial charge in [0.25, 0.3) is 0 Å². The first-order valence-corrected chi connectivity index (χ1v) is 7.08. The van der Waals surface area contributed by atoms with E-state index in [1.165, 1.54) is 6.07 Å². The lowest BCUT2D eigenvalue weighted by Crippen LogP contribution is -1.98. The standard InChI is InChI=1S/C18H10N2O4/c19-7-9-1-2-12-10(8-20-13(12)3-9)4-16-18(23)17-14(22)5-11(21)6-15(17)24-16/h1-6,8,20-22H. The molecule has 3 aromatic rings. The number of phenolic OH excluding ortho intramolecular Hbond substituents is 2. The van der Waals surface area contributed by atoms with E-state index in [9.17, 15) is 15.0 Å². The number of carbonyl (C=O) groups excluding carboxylic acids is 1. The van der Waals surface area contributed by atoms with E-state index < -0.39 is 5.78 Å². The molecule has 0 radical (unpaired) electrons. The number of nitrogens with one attached hydrogen (secondary N) is 1. The van der Waals surface area contributed by atoms with Crippen molar-refractivity contribution in [1.29, 1.82) is 5.26 Å². The molecule has 24 heavy (non-hydrogen) atoms. The highest BCUT2D eigenvalue weighted by Crippen LogP contribution is 2.40. The zero-order valence-corrected chi connectivity index (χ0v) is 12.2. The van der Waals surface area contributed by atoms with Crippen molar-refractivity contribution in [1.82, 2.24) is 4.98 Å². The van der Waals surface area contributed by atoms with Crippen LogP contribution in [0.4, 0.5) is 0 Å². The lowest BCUT2D eigenvalue weighted by molar-refractivity contribution is 0.101. The molecule has 0 aliphatic carbocycles. The summed E-state index contributed by atoms with van der Waals surface area (Å²) in [6.07, 6.45) is 3.26. The Bertz CT molecular complexity index is 1090. The highest BCUT2D eigenvalue weighted by molar-refractivity contribution is 6.16. The molecule has 6 nitrogen and oxygen atoms in total. The fourth-order valence-corrected chi connectivity index (χ4v) is 2.76. The van der Waals surface area contributed by atoms with E-state index in [-0.39, 0.29) is 28.6 Å². The van der Waals surface area contributed by atoms with E-state index in [1.807, 2.05) is 0 Å². The summed E-state index contributed by atoms with van der Waals surface area (Å²) in [7, 11) is 0. The van der Waals surface area contributed by atoms with Gasteiger partial charge in [-0.2, -0.15) is 5.26 Å². The number of hydrogen-bond acceptors (Lipinski definition) is 5. The highest BCUT2D eigenvalue weighted by Gasteiger charge is 2.31. The van der Waals surface area contributed by atoms with Crippen molar-refractivity contribution in [3.05, 3.63) is 59.0 Å². The lowest BCUT2D eigenvalue weighted by atomic mass is 10.1. The van der Waals surface area contributed by atoms with E-state index in [4.69, 9.17) is 10.00 Å². The maximum absolute atomic E-state index is 12.4. The maximum Gasteiger partial charge on any atom is 0.235 e. The van der Waals surface area contributed by atoms with Crippen LogP contribution in [0, 0.1) is 11.3 Å². The monoisotopic (exact) mass is 318 g/mol. The second-order valence-corrected chi connectivity index (χ2v) is 5.39. The Labute approximate surface area is 135 Å². The minimum atomic E-state index is -0.453. The predicted octanol–water partition coefficient (Wildman–Crippen LogP) is 3.07. The number of ether oxygens (including phenoxy) is 1. The molecule has 0 fully saturated rings. The number of rotatable bonds is 1. The third kappa shape index (κ3) is 2.00. The number of aromatic nitrogens is 1. The van der Waals surface area contributed by atoms with Gasteiger partial charge in [-0.15, -0.1) is 0 Å². The second kappa shape index (κ2) is 4.89. The van der Waals surface area contributed by atoms with Crippen molar-refractivity contribution in [2.24, 2.45) is 0 Å². The van der Waals surface area contributed by atoms with Gasteiger partial charge in [0, 0.05) is 34.8 Å². The third-order valence-corrected chi connectivity index (χ3v) is 3.87. The third-order valence-electron chi connectivity index (χ3n) is 3.87. The van der Waals surface area contributed by atoms with E-state index in [0.717, 1.165) is 17.0 Å². The molecule has 0 spiro atoms. The Balaban J connectivity index is 1.79. The smallest absolute Gasteiger partial charge is 0.235 e. The Hall–Kier alpha value is -3.72. The normalized spacial score (nSPS) is 14.6. The minimum Gasteiger partial charge on any atom is -0.508 e. The number of Topliss-reactive ketones (excluding diaryl/α,β-unsaturated/α-hetero) is 1. The van der Waals surface area contributed by atoms with Crippen LogP contribution >= 0.6 is 0 Å². The molecule has 3 N–H and O–H groups in total. The molecule has 0 unspecified atom stereocenters. The van der Waals surface area contributed by atoms with Crippen LogP contribution in [0.3, 0.4) is 0 Å². The fraction of sp³-hybridized carbons (Fsp3) is 0. The van der Waals surface area contributed by atoms with Crippen LogP contribution in [-0.4, -0.2) is 21.0 Å². The fourth-order valence-electron chi connectivity index (χ4n) is 2.76. The second-order valence-electron chi connectivity index (χ2n) is 5.39. The zero-order chi connectivity index (χ0) is 16.8. The number of phenols is 2. The molecule has 1 aliphatic rings. The molecule has 1 aliphatic heterocycles. The van der Waals surface area contributed by atoms with Crippen molar-refractivity contribution in [2.45, 2.75) is 0 Å². The first-order valence-electron chi connectivity index (χ1n) is 7.08. The minimum absolute atomic E-state index is 0.0330. The summed E-state index contributed by atoms with van der Waals surface area (Å²) in [6, 6.07) is 9.63. The average molecular weight is 318 g/mol. The quantitative estimate of drug-likeness (QED) is 0.598. The summed E-state index contributed by atoms with van der Waals surface area (Å²) in [5, 5.41) is 29.1. The van der Waals surface area contributed by atoms with Crippen LogP contribution in [0.25, 0.3) is 17.0 Å². The Morgan fingerprint density at radius 3 is 2.83 bits per heavy atom. The first-order chi connectivity index (χ1) is 11.6. The van der Waals surface area contributed by atoms with Gasteiger partial charge in [0.2, 0.25) is 5.78 Å². The molecular weight excluding hydrogens is 308 g/mol. The number of hydrogen-bond donors (Lipinski definition) is 3. The summed E-state index contributed by atoms with van der Waals surface area (Å²) < 4.78 is 5.47. The number of H-pyrrole nitrogens is 1. The van der Waals surface area contributed by atoms with Gasteiger partial charge in [-0.3, -0.25) is 4.79 Å². The van der Waals surface area contributed by atoms with E-state index >= 15 is 0 Å². The number of carbonyl (C=O) groups is 1. The Morgan fingerprint density at radius 1 is 1.21 bits per heavy atom. The maximum atomic E-state index is 12.4.